The van der Waals surface area contributed by atoms with E-state index in [0.29, 0.717) is 0 Å². The third-order valence-corrected chi connectivity index (χ3v) is 2.56. The van der Waals surface area contributed by atoms with E-state index in [2.05, 4.69) is 6.58 Å². The van der Waals surface area contributed by atoms with Crippen LogP contribution in [0.3, 0.4) is 0 Å². The molecule has 0 unspecified atom stereocenters. The van der Waals surface area contributed by atoms with Crippen LogP contribution in [0.4, 0.5) is 5.00 Å². The molecule has 2 N–H and O–H groups in total. The van der Waals surface area contributed by atoms with Crippen molar-refractivity contribution in [3.05, 3.63) is 47.9 Å². The van der Waals surface area contributed by atoms with Gasteiger partial charge >= 0.3 is 0 Å². The number of nitrogen functional groups attached to an aromatic ring is 1. The van der Waals surface area contributed by atoms with E-state index >= 15 is 0 Å². The van der Waals surface area contributed by atoms with Gasteiger partial charge in [0.2, 0.25) is 0 Å². The molecule has 0 aliphatic heterocycles. The lowest BCUT2D eigenvalue weighted by molar-refractivity contribution is 1.73. The number of anilines is 1. The van der Waals surface area contributed by atoms with Gasteiger partial charge < -0.3 is 5.73 Å². The Morgan fingerprint density at radius 3 is 2.77 bits per heavy atom. The SMILES string of the molecule is C=C/C(=C\C=C/C)c1ccc(N)s1. The number of rotatable bonds is 3. The van der Waals surface area contributed by atoms with Crippen LogP contribution >= 0.6 is 11.3 Å². The summed E-state index contributed by atoms with van der Waals surface area (Å²) in [6.07, 6.45) is 7.84. The maximum Gasteiger partial charge on any atom is 0.0862 e. The molecule has 0 amide bonds. The lowest BCUT2D eigenvalue weighted by Crippen LogP contribution is -1.73. The highest BCUT2D eigenvalue weighted by molar-refractivity contribution is 7.17. The van der Waals surface area contributed by atoms with Gasteiger partial charge in [0.1, 0.15) is 0 Å². The van der Waals surface area contributed by atoms with Crippen molar-refractivity contribution in [1.82, 2.24) is 0 Å². The van der Waals surface area contributed by atoms with Crippen LogP contribution in [0, 0.1) is 0 Å². The summed E-state index contributed by atoms with van der Waals surface area (Å²) in [5.74, 6) is 0. The maximum atomic E-state index is 5.64. The van der Waals surface area contributed by atoms with Gasteiger partial charge in [0.05, 0.1) is 5.00 Å². The Labute approximate surface area is 82.9 Å². The normalized spacial score (nSPS) is 12.2. The van der Waals surface area contributed by atoms with Gasteiger partial charge in [-0.05, 0) is 24.6 Å². The predicted octanol–water partition coefficient (Wildman–Crippen LogP) is 3.48. The number of thiophene rings is 1. The standard InChI is InChI=1S/C11H13NS/c1-3-5-6-9(4-2)10-7-8-11(12)13-10/h3-8H,2,12H2,1H3/b5-3-,9-6+. The highest BCUT2D eigenvalue weighted by atomic mass is 32.1. The van der Waals surface area contributed by atoms with E-state index in [0.717, 1.165) is 15.5 Å². The molecule has 0 saturated heterocycles. The molecule has 0 atom stereocenters. The maximum absolute atomic E-state index is 5.64. The summed E-state index contributed by atoms with van der Waals surface area (Å²) in [5.41, 5.74) is 6.75. The van der Waals surface area contributed by atoms with Crippen LogP contribution < -0.4 is 5.73 Å². The number of hydrogen-bond donors (Lipinski definition) is 1. The van der Waals surface area contributed by atoms with E-state index in [-0.39, 0.29) is 0 Å². The van der Waals surface area contributed by atoms with Gasteiger partial charge in [-0.3, -0.25) is 0 Å². The zero-order valence-corrected chi connectivity index (χ0v) is 8.47. The van der Waals surface area contributed by atoms with E-state index in [9.17, 15) is 0 Å². The molecular formula is C11H13NS. The third kappa shape index (κ3) is 2.60. The topological polar surface area (TPSA) is 26.0 Å². The molecular weight excluding hydrogens is 178 g/mol. The molecule has 0 spiro atoms. The number of allylic oxidation sites excluding steroid dienone is 5. The summed E-state index contributed by atoms with van der Waals surface area (Å²) in [5, 5.41) is 0.836. The summed E-state index contributed by atoms with van der Waals surface area (Å²) in [6, 6.07) is 3.92. The highest BCUT2D eigenvalue weighted by Crippen LogP contribution is 2.26. The summed E-state index contributed by atoms with van der Waals surface area (Å²) in [6.45, 7) is 5.75. The van der Waals surface area contributed by atoms with Crippen molar-refractivity contribution >= 4 is 21.9 Å². The molecule has 1 aromatic heterocycles. The van der Waals surface area contributed by atoms with Crippen molar-refractivity contribution in [3.8, 4) is 0 Å². The fourth-order valence-electron chi connectivity index (χ4n) is 0.959. The fraction of sp³-hybridized carbons (Fsp3) is 0.0909. The second-order valence-electron chi connectivity index (χ2n) is 2.55. The number of hydrogen-bond acceptors (Lipinski definition) is 2. The van der Waals surface area contributed by atoms with Gasteiger partial charge in [-0.15, -0.1) is 11.3 Å². The highest BCUT2D eigenvalue weighted by Gasteiger charge is 1.98. The van der Waals surface area contributed by atoms with E-state index in [1.54, 1.807) is 11.3 Å². The minimum Gasteiger partial charge on any atom is -0.391 e. The van der Waals surface area contributed by atoms with Crippen molar-refractivity contribution in [2.24, 2.45) is 0 Å². The zero-order valence-electron chi connectivity index (χ0n) is 7.66. The van der Waals surface area contributed by atoms with Crippen molar-refractivity contribution < 1.29 is 0 Å². The van der Waals surface area contributed by atoms with Crippen LogP contribution in [0.25, 0.3) is 5.57 Å². The van der Waals surface area contributed by atoms with Crippen LogP contribution in [-0.2, 0) is 0 Å². The molecule has 0 aliphatic carbocycles. The van der Waals surface area contributed by atoms with E-state index in [1.165, 1.54) is 0 Å². The molecule has 13 heavy (non-hydrogen) atoms. The van der Waals surface area contributed by atoms with E-state index in [4.69, 9.17) is 5.73 Å². The molecule has 0 bridgehead atoms. The van der Waals surface area contributed by atoms with Crippen molar-refractivity contribution in [1.29, 1.82) is 0 Å². The Kier molecular flexibility index (Phi) is 3.53. The molecule has 0 aromatic carbocycles. The lowest BCUT2D eigenvalue weighted by Gasteiger charge is -1.94. The second kappa shape index (κ2) is 4.67. The van der Waals surface area contributed by atoms with Crippen LogP contribution in [0.1, 0.15) is 11.8 Å². The van der Waals surface area contributed by atoms with Crippen LogP contribution in [0.15, 0.2) is 43.0 Å². The van der Waals surface area contributed by atoms with Gasteiger partial charge in [0, 0.05) is 4.88 Å². The summed E-state index contributed by atoms with van der Waals surface area (Å²) in [7, 11) is 0. The molecule has 68 valence electrons. The minimum atomic E-state index is 0.836. The van der Waals surface area contributed by atoms with Gasteiger partial charge in [0.25, 0.3) is 0 Å². The Bertz CT molecular complexity index is 345. The summed E-state index contributed by atoms with van der Waals surface area (Å²) >= 11 is 1.58. The van der Waals surface area contributed by atoms with Crippen LogP contribution in [0.2, 0.25) is 0 Å². The Morgan fingerprint density at radius 2 is 2.31 bits per heavy atom. The summed E-state index contributed by atoms with van der Waals surface area (Å²) in [4.78, 5) is 1.16. The Balaban J connectivity index is 2.96. The van der Waals surface area contributed by atoms with Crippen molar-refractivity contribution in [3.63, 3.8) is 0 Å². The first-order chi connectivity index (χ1) is 6.27. The molecule has 0 saturated carbocycles. The molecule has 1 rings (SSSR count). The summed E-state index contributed by atoms with van der Waals surface area (Å²) < 4.78 is 0. The minimum absolute atomic E-state index is 0.836. The van der Waals surface area contributed by atoms with Crippen LogP contribution in [-0.4, -0.2) is 0 Å². The van der Waals surface area contributed by atoms with Crippen molar-refractivity contribution in [2.45, 2.75) is 6.92 Å². The monoisotopic (exact) mass is 191 g/mol. The lowest BCUT2D eigenvalue weighted by atomic mass is 10.2. The van der Waals surface area contributed by atoms with Gasteiger partial charge in [-0.25, -0.2) is 0 Å². The molecule has 2 heteroatoms. The first-order valence-corrected chi connectivity index (χ1v) is 4.90. The van der Waals surface area contributed by atoms with Crippen LogP contribution in [0.5, 0.6) is 0 Å². The number of nitrogens with two attached hydrogens (primary N) is 1. The van der Waals surface area contributed by atoms with Gasteiger partial charge in [-0.2, -0.15) is 0 Å². The Morgan fingerprint density at radius 1 is 1.54 bits per heavy atom. The zero-order chi connectivity index (χ0) is 9.68. The molecule has 1 heterocycles. The van der Waals surface area contributed by atoms with E-state index in [1.807, 2.05) is 43.4 Å². The molecule has 0 aliphatic rings. The Hall–Kier alpha value is -1.28. The van der Waals surface area contributed by atoms with Gasteiger partial charge in [-0.1, -0.05) is 30.9 Å². The van der Waals surface area contributed by atoms with Gasteiger partial charge in [0.15, 0.2) is 0 Å². The van der Waals surface area contributed by atoms with E-state index < -0.39 is 0 Å². The first kappa shape index (κ1) is 9.81. The smallest absolute Gasteiger partial charge is 0.0862 e. The molecule has 0 fully saturated rings. The fourth-order valence-corrected chi connectivity index (χ4v) is 1.75. The largest absolute Gasteiger partial charge is 0.391 e. The molecule has 1 nitrogen and oxygen atoms in total. The average molecular weight is 191 g/mol. The quantitative estimate of drug-likeness (QED) is 0.727. The second-order valence-corrected chi connectivity index (χ2v) is 3.67. The molecule has 1 aromatic rings. The first-order valence-electron chi connectivity index (χ1n) is 4.09. The van der Waals surface area contributed by atoms with Crippen molar-refractivity contribution in [2.75, 3.05) is 5.73 Å². The molecule has 0 radical (unpaired) electrons. The third-order valence-electron chi connectivity index (χ3n) is 1.60. The predicted molar refractivity (Wildman–Crippen MR) is 61.7 cm³/mol. The average Bonchev–Trinajstić information content (AvgIpc) is 2.54.